The number of aromatic nitrogens is 2. The maximum atomic E-state index is 5.10. The Morgan fingerprint density at radius 1 is 1.29 bits per heavy atom. The summed E-state index contributed by atoms with van der Waals surface area (Å²) in [6.07, 6.45) is 3.67. The maximum absolute atomic E-state index is 5.10. The van der Waals surface area contributed by atoms with Gasteiger partial charge >= 0.3 is 0 Å². The molecule has 0 atom stereocenters. The lowest BCUT2D eigenvalue weighted by Gasteiger charge is -2.08. The highest BCUT2D eigenvalue weighted by Gasteiger charge is 2.01. The van der Waals surface area contributed by atoms with Gasteiger partial charge in [0.1, 0.15) is 0 Å². The molecule has 0 aliphatic carbocycles. The van der Waals surface area contributed by atoms with Crippen LogP contribution < -0.4 is 10.1 Å². The molecule has 0 amide bonds. The molecular weight excluding hydrogens is 214 g/mol. The fourth-order valence-electron chi connectivity index (χ4n) is 1.60. The van der Waals surface area contributed by atoms with Crippen LogP contribution in [0.4, 0.5) is 5.95 Å². The Morgan fingerprint density at radius 2 is 2.06 bits per heavy atom. The number of hydrogen-bond acceptors (Lipinski definition) is 4. The summed E-state index contributed by atoms with van der Waals surface area (Å²) in [6, 6.07) is 1.82. The number of nitrogens with zero attached hydrogens (tertiary/aromatic N) is 2. The fourth-order valence-corrected chi connectivity index (χ4v) is 1.60. The van der Waals surface area contributed by atoms with E-state index in [2.05, 4.69) is 29.1 Å². The topological polar surface area (TPSA) is 47.0 Å². The average Bonchev–Trinajstić information content (AvgIpc) is 2.27. The molecule has 17 heavy (non-hydrogen) atoms. The van der Waals surface area contributed by atoms with Gasteiger partial charge in [0.15, 0.2) is 0 Å². The van der Waals surface area contributed by atoms with Crippen molar-refractivity contribution < 1.29 is 4.74 Å². The van der Waals surface area contributed by atoms with E-state index in [1.54, 1.807) is 7.11 Å². The number of ether oxygens (including phenoxy) is 1. The number of rotatable bonds is 7. The van der Waals surface area contributed by atoms with E-state index in [4.69, 9.17) is 4.74 Å². The minimum atomic E-state index is 0.613. The van der Waals surface area contributed by atoms with Gasteiger partial charge in [-0.3, -0.25) is 0 Å². The maximum Gasteiger partial charge on any atom is 0.226 e. The Bertz CT molecular complexity index is 339. The zero-order valence-corrected chi connectivity index (χ0v) is 11.3. The summed E-state index contributed by atoms with van der Waals surface area (Å²) in [6.45, 7) is 7.36. The zero-order chi connectivity index (χ0) is 12.7. The number of methoxy groups -OCH3 is 1. The van der Waals surface area contributed by atoms with Crippen molar-refractivity contribution in [2.75, 3.05) is 19.0 Å². The van der Waals surface area contributed by atoms with Crippen molar-refractivity contribution in [3.8, 4) is 5.88 Å². The third-order valence-electron chi connectivity index (χ3n) is 2.53. The number of nitrogens with one attached hydrogen (secondary N) is 1. The Labute approximate surface area is 104 Å². The van der Waals surface area contributed by atoms with Gasteiger partial charge in [0, 0.05) is 18.3 Å². The van der Waals surface area contributed by atoms with Crippen molar-refractivity contribution in [3.05, 3.63) is 11.8 Å². The second kappa shape index (κ2) is 7.09. The summed E-state index contributed by atoms with van der Waals surface area (Å²) < 4.78 is 5.10. The van der Waals surface area contributed by atoms with Crippen LogP contribution >= 0.6 is 0 Å². The zero-order valence-electron chi connectivity index (χ0n) is 11.3. The molecule has 0 aliphatic heterocycles. The molecule has 0 radical (unpaired) electrons. The minimum Gasteiger partial charge on any atom is -0.481 e. The molecule has 1 aromatic heterocycles. The summed E-state index contributed by atoms with van der Waals surface area (Å²) in [5, 5.41) is 3.23. The Hall–Kier alpha value is -1.32. The summed E-state index contributed by atoms with van der Waals surface area (Å²) in [5.41, 5.74) is 0.918. The lowest BCUT2D eigenvalue weighted by molar-refractivity contribution is 0.397. The Balaban J connectivity index is 2.33. The molecule has 0 aromatic carbocycles. The molecule has 96 valence electrons. The molecule has 0 aliphatic rings. The van der Waals surface area contributed by atoms with E-state index in [0.717, 1.165) is 24.6 Å². The van der Waals surface area contributed by atoms with Crippen molar-refractivity contribution in [2.24, 2.45) is 5.92 Å². The van der Waals surface area contributed by atoms with Crippen LogP contribution in [-0.4, -0.2) is 23.6 Å². The second-order valence-corrected chi connectivity index (χ2v) is 4.69. The van der Waals surface area contributed by atoms with Crippen molar-refractivity contribution in [2.45, 2.75) is 40.0 Å². The molecule has 4 heteroatoms. The average molecular weight is 237 g/mol. The van der Waals surface area contributed by atoms with Crippen LogP contribution in [0.5, 0.6) is 5.88 Å². The monoisotopic (exact) mass is 237 g/mol. The summed E-state index contributed by atoms with van der Waals surface area (Å²) in [5.74, 6) is 2.05. The van der Waals surface area contributed by atoms with Gasteiger partial charge in [-0.15, -0.1) is 0 Å². The van der Waals surface area contributed by atoms with Crippen molar-refractivity contribution in [3.63, 3.8) is 0 Å². The third-order valence-corrected chi connectivity index (χ3v) is 2.53. The molecule has 1 aromatic rings. The largest absolute Gasteiger partial charge is 0.481 e. The highest BCUT2D eigenvalue weighted by molar-refractivity contribution is 5.30. The third kappa shape index (κ3) is 5.52. The molecule has 0 saturated heterocycles. The van der Waals surface area contributed by atoms with Gasteiger partial charge in [-0.2, -0.15) is 4.98 Å². The lowest BCUT2D eigenvalue weighted by Crippen LogP contribution is -2.07. The van der Waals surface area contributed by atoms with Crippen LogP contribution in [0.25, 0.3) is 0 Å². The predicted octanol–water partition coefficient (Wildman–Crippen LogP) is 3.03. The van der Waals surface area contributed by atoms with E-state index < -0.39 is 0 Å². The highest BCUT2D eigenvalue weighted by Crippen LogP contribution is 2.11. The van der Waals surface area contributed by atoms with Crippen molar-refractivity contribution >= 4 is 5.95 Å². The van der Waals surface area contributed by atoms with Crippen LogP contribution in [0.3, 0.4) is 0 Å². The first-order valence-corrected chi connectivity index (χ1v) is 6.25. The first-order chi connectivity index (χ1) is 8.11. The minimum absolute atomic E-state index is 0.613. The molecular formula is C13H23N3O. The number of aryl methyl sites for hydroxylation is 1. The van der Waals surface area contributed by atoms with Gasteiger partial charge in [0.2, 0.25) is 11.8 Å². The Morgan fingerprint density at radius 3 is 2.71 bits per heavy atom. The van der Waals surface area contributed by atoms with Crippen LogP contribution in [0.1, 0.15) is 38.8 Å². The van der Waals surface area contributed by atoms with Crippen LogP contribution in [0.15, 0.2) is 6.07 Å². The van der Waals surface area contributed by atoms with Gasteiger partial charge in [0.05, 0.1) is 7.11 Å². The fraction of sp³-hybridized carbons (Fsp3) is 0.692. The lowest BCUT2D eigenvalue weighted by atomic mass is 10.1. The van der Waals surface area contributed by atoms with Crippen LogP contribution in [0, 0.1) is 12.8 Å². The van der Waals surface area contributed by atoms with Gasteiger partial charge in [0.25, 0.3) is 0 Å². The smallest absolute Gasteiger partial charge is 0.226 e. The molecule has 1 N–H and O–H groups in total. The summed E-state index contributed by atoms with van der Waals surface area (Å²) in [4.78, 5) is 8.55. The molecule has 1 heterocycles. The molecule has 0 saturated carbocycles. The number of unbranched alkanes of at least 4 members (excludes halogenated alkanes) is 1. The molecule has 0 bridgehead atoms. The number of hydrogen-bond donors (Lipinski definition) is 1. The van der Waals surface area contributed by atoms with E-state index >= 15 is 0 Å². The first-order valence-electron chi connectivity index (χ1n) is 6.25. The standard InChI is InChI=1S/C13H23N3O/c1-10(2)7-5-6-8-14-13-15-11(3)9-12(16-13)17-4/h9-10H,5-8H2,1-4H3,(H,14,15,16). The highest BCUT2D eigenvalue weighted by atomic mass is 16.5. The summed E-state index contributed by atoms with van der Waals surface area (Å²) >= 11 is 0. The van der Waals surface area contributed by atoms with Crippen LogP contribution in [-0.2, 0) is 0 Å². The number of anilines is 1. The predicted molar refractivity (Wildman–Crippen MR) is 70.5 cm³/mol. The van der Waals surface area contributed by atoms with E-state index in [9.17, 15) is 0 Å². The van der Waals surface area contributed by atoms with E-state index in [-0.39, 0.29) is 0 Å². The Kier molecular flexibility index (Phi) is 5.73. The normalized spacial score (nSPS) is 10.6. The van der Waals surface area contributed by atoms with E-state index in [1.807, 2.05) is 13.0 Å². The van der Waals surface area contributed by atoms with Gasteiger partial charge in [-0.05, 0) is 19.3 Å². The van der Waals surface area contributed by atoms with Crippen LogP contribution in [0.2, 0.25) is 0 Å². The second-order valence-electron chi connectivity index (χ2n) is 4.69. The van der Waals surface area contributed by atoms with Gasteiger partial charge in [-0.25, -0.2) is 4.98 Å². The molecule has 1 rings (SSSR count). The van der Waals surface area contributed by atoms with Gasteiger partial charge < -0.3 is 10.1 Å². The quantitative estimate of drug-likeness (QED) is 0.740. The van der Waals surface area contributed by atoms with E-state index in [0.29, 0.717) is 11.8 Å². The van der Waals surface area contributed by atoms with E-state index in [1.165, 1.54) is 12.8 Å². The van der Waals surface area contributed by atoms with Crippen molar-refractivity contribution in [1.29, 1.82) is 0 Å². The first kappa shape index (κ1) is 13.7. The van der Waals surface area contributed by atoms with Crippen molar-refractivity contribution in [1.82, 2.24) is 9.97 Å². The molecule has 0 spiro atoms. The van der Waals surface area contributed by atoms with Gasteiger partial charge in [-0.1, -0.05) is 26.7 Å². The SMILES string of the molecule is COc1cc(C)nc(NCCCCC(C)C)n1. The molecule has 0 unspecified atom stereocenters. The summed E-state index contributed by atoms with van der Waals surface area (Å²) in [7, 11) is 1.62. The molecule has 4 nitrogen and oxygen atoms in total. The molecule has 0 fully saturated rings.